The number of benzene rings is 1. The first-order valence-corrected chi connectivity index (χ1v) is 4.76. The maximum absolute atomic E-state index is 12.8. The van der Waals surface area contributed by atoms with Crippen LogP contribution in [0.25, 0.3) is 0 Å². The SMILES string of the molecule is C=CCC(N)c1cc(F)ccc1Br. The van der Waals surface area contributed by atoms with Gasteiger partial charge in [0, 0.05) is 10.5 Å². The lowest BCUT2D eigenvalue weighted by Gasteiger charge is -2.11. The molecule has 0 saturated carbocycles. The van der Waals surface area contributed by atoms with E-state index in [-0.39, 0.29) is 11.9 Å². The van der Waals surface area contributed by atoms with E-state index in [1.165, 1.54) is 12.1 Å². The Labute approximate surface area is 85.6 Å². The minimum atomic E-state index is -0.266. The minimum Gasteiger partial charge on any atom is -0.324 e. The lowest BCUT2D eigenvalue weighted by molar-refractivity contribution is 0.619. The Morgan fingerprint density at radius 2 is 2.31 bits per heavy atom. The molecule has 0 spiro atoms. The van der Waals surface area contributed by atoms with Gasteiger partial charge in [-0.3, -0.25) is 0 Å². The molecule has 0 aliphatic rings. The molecule has 1 unspecified atom stereocenters. The summed E-state index contributed by atoms with van der Waals surface area (Å²) < 4.78 is 13.7. The molecule has 13 heavy (non-hydrogen) atoms. The van der Waals surface area contributed by atoms with Crippen LogP contribution < -0.4 is 5.73 Å². The summed E-state index contributed by atoms with van der Waals surface area (Å²) in [6.45, 7) is 3.59. The molecule has 70 valence electrons. The molecule has 0 radical (unpaired) electrons. The molecule has 0 aliphatic carbocycles. The molecule has 0 heterocycles. The molecule has 2 N–H and O–H groups in total. The Hall–Kier alpha value is -0.670. The highest BCUT2D eigenvalue weighted by molar-refractivity contribution is 9.10. The number of halogens is 2. The van der Waals surface area contributed by atoms with E-state index in [0.717, 1.165) is 10.0 Å². The Balaban J connectivity index is 2.97. The third kappa shape index (κ3) is 2.64. The monoisotopic (exact) mass is 243 g/mol. The van der Waals surface area contributed by atoms with Crippen molar-refractivity contribution < 1.29 is 4.39 Å². The van der Waals surface area contributed by atoms with Gasteiger partial charge in [-0.1, -0.05) is 22.0 Å². The third-order valence-electron chi connectivity index (χ3n) is 1.78. The Morgan fingerprint density at radius 3 is 2.92 bits per heavy atom. The average Bonchev–Trinajstić information content (AvgIpc) is 2.09. The van der Waals surface area contributed by atoms with Crippen molar-refractivity contribution >= 4 is 15.9 Å². The van der Waals surface area contributed by atoms with Crippen molar-refractivity contribution in [2.24, 2.45) is 5.73 Å². The zero-order valence-corrected chi connectivity index (χ0v) is 8.72. The molecular formula is C10H11BrFN. The van der Waals surface area contributed by atoms with Crippen LogP contribution in [0.3, 0.4) is 0 Å². The van der Waals surface area contributed by atoms with Crippen LogP contribution >= 0.6 is 15.9 Å². The van der Waals surface area contributed by atoms with Crippen molar-refractivity contribution in [2.45, 2.75) is 12.5 Å². The largest absolute Gasteiger partial charge is 0.324 e. The molecule has 3 heteroatoms. The highest BCUT2D eigenvalue weighted by Crippen LogP contribution is 2.24. The van der Waals surface area contributed by atoms with Crippen molar-refractivity contribution in [1.29, 1.82) is 0 Å². The van der Waals surface area contributed by atoms with E-state index >= 15 is 0 Å². The van der Waals surface area contributed by atoms with E-state index in [2.05, 4.69) is 22.5 Å². The van der Waals surface area contributed by atoms with Gasteiger partial charge in [-0.15, -0.1) is 6.58 Å². The fraction of sp³-hybridized carbons (Fsp3) is 0.200. The Morgan fingerprint density at radius 1 is 1.62 bits per heavy atom. The Kier molecular flexibility index (Phi) is 3.63. The minimum absolute atomic E-state index is 0.192. The van der Waals surface area contributed by atoms with Gasteiger partial charge in [0.1, 0.15) is 5.82 Å². The second-order valence-corrected chi connectivity index (χ2v) is 3.65. The Bertz CT molecular complexity index is 312. The van der Waals surface area contributed by atoms with Crippen LogP contribution in [0.1, 0.15) is 18.0 Å². The van der Waals surface area contributed by atoms with Crippen LogP contribution in [0.4, 0.5) is 4.39 Å². The van der Waals surface area contributed by atoms with Gasteiger partial charge in [-0.2, -0.15) is 0 Å². The standard InChI is InChI=1S/C10H11BrFN/c1-2-3-10(13)8-6-7(12)4-5-9(8)11/h2,4-6,10H,1,3,13H2. The van der Waals surface area contributed by atoms with E-state index < -0.39 is 0 Å². The summed E-state index contributed by atoms with van der Waals surface area (Å²) in [5.41, 5.74) is 6.58. The van der Waals surface area contributed by atoms with Gasteiger partial charge >= 0.3 is 0 Å². The van der Waals surface area contributed by atoms with Gasteiger partial charge in [0.2, 0.25) is 0 Å². The van der Waals surface area contributed by atoms with Crippen LogP contribution in [0.15, 0.2) is 35.3 Å². The van der Waals surface area contributed by atoms with Gasteiger partial charge in [0.05, 0.1) is 0 Å². The normalized spacial score (nSPS) is 12.5. The number of nitrogens with two attached hydrogens (primary N) is 1. The molecule has 1 aromatic carbocycles. The van der Waals surface area contributed by atoms with Crippen molar-refractivity contribution in [2.75, 3.05) is 0 Å². The van der Waals surface area contributed by atoms with E-state index in [0.29, 0.717) is 6.42 Å². The molecule has 1 atom stereocenters. The first-order chi connectivity index (χ1) is 6.15. The summed E-state index contributed by atoms with van der Waals surface area (Å²) >= 11 is 3.32. The molecule has 0 aliphatic heterocycles. The van der Waals surface area contributed by atoms with Crippen LogP contribution in [0.2, 0.25) is 0 Å². The summed E-state index contributed by atoms with van der Waals surface area (Å²) in [4.78, 5) is 0. The molecule has 0 aromatic heterocycles. The smallest absolute Gasteiger partial charge is 0.123 e. The molecule has 0 amide bonds. The summed E-state index contributed by atoms with van der Waals surface area (Å²) in [5, 5.41) is 0. The molecular weight excluding hydrogens is 233 g/mol. The van der Waals surface area contributed by atoms with Gasteiger partial charge < -0.3 is 5.73 Å². The maximum Gasteiger partial charge on any atom is 0.123 e. The molecule has 0 fully saturated rings. The highest BCUT2D eigenvalue weighted by atomic mass is 79.9. The van der Waals surface area contributed by atoms with Crippen LogP contribution in [0, 0.1) is 5.82 Å². The van der Waals surface area contributed by atoms with Crippen molar-refractivity contribution in [3.63, 3.8) is 0 Å². The van der Waals surface area contributed by atoms with Gasteiger partial charge in [0.15, 0.2) is 0 Å². The molecule has 1 aromatic rings. The number of rotatable bonds is 3. The zero-order chi connectivity index (χ0) is 9.84. The van der Waals surface area contributed by atoms with E-state index in [1.807, 2.05) is 0 Å². The van der Waals surface area contributed by atoms with Crippen LogP contribution in [-0.2, 0) is 0 Å². The first kappa shape index (κ1) is 10.4. The van der Waals surface area contributed by atoms with Crippen molar-refractivity contribution in [3.8, 4) is 0 Å². The van der Waals surface area contributed by atoms with E-state index in [9.17, 15) is 4.39 Å². The lowest BCUT2D eigenvalue weighted by Crippen LogP contribution is -2.09. The van der Waals surface area contributed by atoms with Crippen LogP contribution in [0.5, 0.6) is 0 Å². The predicted octanol–water partition coefficient (Wildman–Crippen LogP) is 3.16. The van der Waals surface area contributed by atoms with E-state index in [4.69, 9.17) is 5.73 Å². The van der Waals surface area contributed by atoms with Crippen molar-refractivity contribution in [1.82, 2.24) is 0 Å². The maximum atomic E-state index is 12.8. The fourth-order valence-electron chi connectivity index (χ4n) is 1.11. The van der Waals surface area contributed by atoms with E-state index in [1.54, 1.807) is 12.1 Å². The first-order valence-electron chi connectivity index (χ1n) is 3.96. The predicted molar refractivity (Wildman–Crippen MR) is 55.8 cm³/mol. The van der Waals surface area contributed by atoms with Gasteiger partial charge in [0.25, 0.3) is 0 Å². The highest BCUT2D eigenvalue weighted by Gasteiger charge is 2.08. The molecule has 1 nitrogen and oxygen atoms in total. The average molecular weight is 244 g/mol. The van der Waals surface area contributed by atoms with Crippen LogP contribution in [-0.4, -0.2) is 0 Å². The fourth-order valence-corrected chi connectivity index (χ4v) is 1.65. The lowest BCUT2D eigenvalue weighted by atomic mass is 10.0. The number of hydrogen-bond acceptors (Lipinski definition) is 1. The molecule has 1 rings (SSSR count). The molecule has 0 saturated heterocycles. The summed E-state index contributed by atoms with van der Waals surface area (Å²) in [6.07, 6.45) is 2.37. The zero-order valence-electron chi connectivity index (χ0n) is 7.13. The summed E-state index contributed by atoms with van der Waals surface area (Å²) in [7, 11) is 0. The quantitative estimate of drug-likeness (QED) is 0.812. The second-order valence-electron chi connectivity index (χ2n) is 2.80. The number of hydrogen-bond donors (Lipinski definition) is 1. The topological polar surface area (TPSA) is 26.0 Å². The molecule has 0 bridgehead atoms. The van der Waals surface area contributed by atoms with Gasteiger partial charge in [-0.25, -0.2) is 4.39 Å². The third-order valence-corrected chi connectivity index (χ3v) is 2.50. The summed E-state index contributed by atoms with van der Waals surface area (Å²) in [5.74, 6) is -0.266. The van der Waals surface area contributed by atoms with Crippen molar-refractivity contribution in [3.05, 3.63) is 46.7 Å². The van der Waals surface area contributed by atoms with Gasteiger partial charge in [-0.05, 0) is 30.2 Å². The summed E-state index contributed by atoms with van der Waals surface area (Å²) in [6, 6.07) is 4.31. The second kappa shape index (κ2) is 4.53.